The van der Waals surface area contributed by atoms with Crippen molar-refractivity contribution in [1.29, 1.82) is 0 Å². The Morgan fingerprint density at radius 1 is 1.02 bits per heavy atom. The predicted molar refractivity (Wildman–Crippen MR) is 158 cm³/mol. The zero-order valence-electron chi connectivity index (χ0n) is 23.6. The molecule has 4 saturated heterocycles. The highest BCUT2D eigenvalue weighted by Gasteiger charge is 2.49. The maximum atomic E-state index is 16.7. The lowest BCUT2D eigenvalue weighted by Gasteiger charge is -2.34. The topological polar surface area (TPSA) is 86.6 Å². The molecule has 2 aromatic carbocycles. The van der Waals surface area contributed by atoms with Crippen LogP contribution >= 0.6 is 11.6 Å². The fourth-order valence-corrected chi connectivity index (χ4v) is 8.01. The molecule has 4 aromatic rings. The number of phenolic OH excluding ortho intramolecular Hbond substituents is 1. The number of fused-ring (bicyclic) bond motifs is 5. The predicted octanol–water partition coefficient (Wildman–Crippen LogP) is 5.52. The summed E-state index contributed by atoms with van der Waals surface area (Å²) in [4.78, 5) is 17.6. The minimum absolute atomic E-state index is 0.0907. The summed E-state index contributed by atoms with van der Waals surface area (Å²) in [5.41, 5.74) is -1.26. The number of aromatic hydroxyl groups is 1. The summed E-state index contributed by atoms with van der Waals surface area (Å²) in [6, 6.07) is 4.95. The van der Waals surface area contributed by atoms with Crippen LogP contribution in [0.1, 0.15) is 32.1 Å². The first kappa shape index (κ1) is 28.0. The van der Waals surface area contributed by atoms with Crippen LogP contribution in [0.4, 0.5) is 23.4 Å². The third kappa shape index (κ3) is 4.44. The van der Waals surface area contributed by atoms with Gasteiger partial charge in [-0.1, -0.05) is 17.7 Å². The quantitative estimate of drug-likeness (QED) is 0.221. The Hall–Kier alpha value is -3.48. The van der Waals surface area contributed by atoms with Crippen LogP contribution in [-0.2, 0) is 0 Å². The molecule has 0 unspecified atom stereocenters. The maximum absolute atomic E-state index is 16.7. The number of halogens is 5. The molecule has 4 aliphatic rings. The van der Waals surface area contributed by atoms with Gasteiger partial charge in [0.05, 0.1) is 10.9 Å². The second-order valence-electron chi connectivity index (χ2n) is 12.5. The van der Waals surface area contributed by atoms with Gasteiger partial charge in [-0.2, -0.15) is 9.97 Å². The number of pyridine rings is 1. The van der Waals surface area contributed by atoms with Crippen molar-refractivity contribution in [2.24, 2.45) is 0 Å². The molecular weight excluding hydrogens is 600 g/mol. The van der Waals surface area contributed by atoms with Crippen molar-refractivity contribution in [3.05, 3.63) is 46.9 Å². The Labute approximate surface area is 255 Å². The van der Waals surface area contributed by atoms with E-state index in [1.165, 1.54) is 12.1 Å². The van der Waals surface area contributed by atoms with Gasteiger partial charge in [0, 0.05) is 49.1 Å². The highest BCUT2D eigenvalue weighted by molar-refractivity contribution is 6.35. The summed E-state index contributed by atoms with van der Waals surface area (Å²) in [7, 11) is 0. The molecule has 0 amide bonds. The molecular formula is C31H29ClF4N6O2. The summed E-state index contributed by atoms with van der Waals surface area (Å²) >= 11 is 6.76. The molecule has 0 aliphatic carbocycles. The van der Waals surface area contributed by atoms with Crippen molar-refractivity contribution in [3.8, 4) is 23.0 Å². The zero-order valence-corrected chi connectivity index (χ0v) is 24.3. The van der Waals surface area contributed by atoms with E-state index < -0.39 is 34.9 Å². The van der Waals surface area contributed by atoms with Crippen LogP contribution in [0.3, 0.4) is 0 Å². The van der Waals surface area contributed by atoms with Gasteiger partial charge in [0.2, 0.25) is 0 Å². The van der Waals surface area contributed by atoms with Crippen LogP contribution in [0.15, 0.2) is 24.3 Å². The summed E-state index contributed by atoms with van der Waals surface area (Å²) in [5, 5.41) is 13.9. The fraction of sp³-hybridized carbons (Fsp3) is 0.452. The van der Waals surface area contributed by atoms with Crippen molar-refractivity contribution in [1.82, 2.24) is 25.2 Å². The minimum Gasteiger partial charge on any atom is -0.508 e. The van der Waals surface area contributed by atoms with E-state index in [0.717, 1.165) is 44.4 Å². The Balaban J connectivity index is 1.29. The summed E-state index contributed by atoms with van der Waals surface area (Å²) in [6.07, 6.45) is 3.08. The highest BCUT2D eigenvalue weighted by Crippen LogP contribution is 2.43. The van der Waals surface area contributed by atoms with Gasteiger partial charge < -0.3 is 20.1 Å². The Morgan fingerprint density at radius 2 is 1.82 bits per heavy atom. The number of ether oxygens (including phenoxy) is 1. The van der Waals surface area contributed by atoms with Gasteiger partial charge in [0.1, 0.15) is 40.7 Å². The van der Waals surface area contributed by atoms with Crippen molar-refractivity contribution >= 4 is 39.1 Å². The average Bonchev–Trinajstić information content (AvgIpc) is 3.65. The van der Waals surface area contributed by atoms with Gasteiger partial charge in [0.25, 0.3) is 0 Å². The fourth-order valence-electron chi connectivity index (χ4n) is 7.75. The summed E-state index contributed by atoms with van der Waals surface area (Å²) in [6.45, 7) is 2.48. The maximum Gasteiger partial charge on any atom is 0.319 e. The molecule has 44 heavy (non-hydrogen) atoms. The Bertz CT molecular complexity index is 1820. The number of piperazine rings is 1. The molecule has 2 bridgehead atoms. The van der Waals surface area contributed by atoms with Crippen molar-refractivity contribution in [2.75, 3.05) is 37.7 Å². The van der Waals surface area contributed by atoms with E-state index in [0.29, 0.717) is 31.9 Å². The third-order valence-corrected chi connectivity index (χ3v) is 9.97. The largest absolute Gasteiger partial charge is 0.508 e. The molecule has 4 atom stereocenters. The number of aromatic nitrogens is 3. The molecule has 230 valence electrons. The van der Waals surface area contributed by atoms with E-state index in [4.69, 9.17) is 21.3 Å². The van der Waals surface area contributed by atoms with E-state index in [2.05, 4.69) is 20.2 Å². The summed E-state index contributed by atoms with van der Waals surface area (Å²) in [5.74, 6) is -3.21. The second kappa shape index (κ2) is 10.3. The van der Waals surface area contributed by atoms with Crippen LogP contribution < -0.4 is 15.0 Å². The van der Waals surface area contributed by atoms with Crippen molar-refractivity contribution < 1.29 is 27.4 Å². The van der Waals surface area contributed by atoms with Gasteiger partial charge in [-0.05, 0) is 55.8 Å². The van der Waals surface area contributed by atoms with Crippen LogP contribution in [0.2, 0.25) is 5.15 Å². The number of hydrogen-bond acceptors (Lipinski definition) is 8. The lowest BCUT2D eigenvalue weighted by Crippen LogP contribution is -2.51. The molecule has 6 heterocycles. The van der Waals surface area contributed by atoms with E-state index in [1.807, 2.05) is 4.90 Å². The van der Waals surface area contributed by atoms with Gasteiger partial charge in [0.15, 0.2) is 17.5 Å². The first-order valence-electron chi connectivity index (χ1n) is 14.9. The zero-order chi connectivity index (χ0) is 30.3. The molecule has 0 radical (unpaired) electrons. The number of benzene rings is 2. The molecule has 4 aliphatic heterocycles. The number of rotatable bonds is 5. The minimum atomic E-state index is -1.21. The van der Waals surface area contributed by atoms with Crippen molar-refractivity contribution in [2.45, 2.75) is 55.9 Å². The lowest BCUT2D eigenvalue weighted by molar-refractivity contribution is 0.107. The van der Waals surface area contributed by atoms with Crippen molar-refractivity contribution in [3.63, 3.8) is 0 Å². The van der Waals surface area contributed by atoms with Crippen LogP contribution in [0.25, 0.3) is 32.9 Å². The monoisotopic (exact) mass is 628 g/mol. The van der Waals surface area contributed by atoms with E-state index >= 15 is 8.78 Å². The molecule has 0 spiro atoms. The first-order chi connectivity index (χ1) is 21.2. The number of anilines is 1. The standard InChI is InChI=1S/C31H29ClF4N6O2/c32-28-23-27(25(36)26(38-28)20-9-19(43)8-15-2-5-21(34)24(35)22(15)20)39-30(40-29(23)41-12-17-3-4-18(13-41)37-17)44-14-31-6-1-7-42(31)11-16(33)10-31/h2,5,8-9,16-18,37,43H,1,3-4,6-7,10-14H2/t16-,17-,18+,31+/m1/s1. The van der Waals surface area contributed by atoms with Crippen LogP contribution in [-0.4, -0.2) is 81.5 Å². The average molecular weight is 629 g/mol. The number of phenols is 1. The van der Waals surface area contributed by atoms with Crippen LogP contribution in [0, 0.1) is 17.5 Å². The SMILES string of the molecule is Oc1cc(-c2nc(Cl)c3c(N4C[C@H]5CC[C@@H](C4)N5)nc(OC[C@@]45CCCN4C[C@H](F)C5)nc3c2F)c2c(F)c(F)ccc2c1. The molecule has 0 saturated carbocycles. The number of hydrogen-bond donors (Lipinski definition) is 2. The molecule has 13 heteroatoms. The number of nitrogens with one attached hydrogen (secondary N) is 1. The normalized spacial score (nSPS) is 26.7. The van der Waals surface area contributed by atoms with E-state index in [1.54, 1.807) is 0 Å². The van der Waals surface area contributed by atoms with Crippen LogP contribution in [0.5, 0.6) is 11.8 Å². The molecule has 2 N–H and O–H groups in total. The van der Waals surface area contributed by atoms with Gasteiger partial charge in [-0.15, -0.1) is 0 Å². The molecule has 8 nitrogen and oxygen atoms in total. The summed E-state index contributed by atoms with van der Waals surface area (Å²) < 4.78 is 66.7. The Kier molecular flexibility index (Phi) is 6.55. The first-order valence-corrected chi connectivity index (χ1v) is 15.3. The van der Waals surface area contributed by atoms with Gasteiger partial charge >= 0.3 is 6.01 Å². The lowest BCUT2D eigenvalue weighted by atomic mass is 9.95. The smallest absolute Gasteiger partial charge is 0.319 e. The second-order valence-corrected chi connectivity index (χ2v) is 12.8. The Morgan fingerprint density at radius 3 is 2.61 bits per heavy atom. The van der Waals surface area contributed by atoms with E-state index in [-0.39, 0.29) is 62.8 Å². The molecule has 2 aromatic heterocycles. The molecule has 4 fully saturated rings. The number of alkyl halides is 1. The molecule has 8 rings (SSSR count). The van der Waals surface area contributed by atoms with E-state index in [9.17, 15) is 13.9 Å². The van der Waals surface area contributed by atoms with Gasteiger partial charge in [-0.25, -0.2) is 22.5 Å². The van der Waals surface area contributed by atoms with Gasteiger partial charge in [-0.3, -0.25) is 4.90 Å². The highest BCUT2D eigenvalue weighted by atomic mass is 35.5. The number of nitrogens with zero attached hydrogens (tertiary/aromatic N) is 5. The third-order valence-electron chi connectivity index (χ3n) is 9.70.